The summed E-state index contributed by atoms with van der Waals surface area (Å²) < 4.78 is 0. The Morgan fingerprint density at radius 3 is 3.09 bits per heavy atom. The van der Waals surface area contributed by atoms with Gasteiger partial charge in [-0.05, 0) is 37.8 Å². The van der Waals surface area contributed by atoms with Gasteiger partial charge in [-0.3, -0.25) is 9.78 Å². The molecular weight excluding hydrogens is 306 g/mol. The summed E-state index contributed by atoms with van der Waals surface area (Å²) in [5.74, 6) is 0.409. The van der Waals surface area contributed by atoms with Gasteiger partial charge in [0.2, 0.25) is 5.91 Å². The molecule has 0 saturated heterocycles. The Balaban J connectivity index is 1.71. The van der Waals surface area contributed by atoms with Crippen LogP contribution in [0.15, 0.2) is 24.5 Å². The zero-order valence-corrected chi connectivity index (χ0v) is 14.6. The fraction of sp³-hybridized carbons (Fsp3) is 0.500. The Bertz CT molecular complexity index is 668. The molecule has 0 saturated carbocycles. The van der Waals surface area contributed by atoms with Crippen LogP contribution >= 0.6 is 11.3 Å². The van der Waals surface area contributed by atoms with Gasteiger partial charge in [-0.15, -0.1) is 11.3 Å². The minimum absolute atomic E-state index is 0.117. The highest BCUT2D eigenvalue weighted by atomic mass is 32.1. The molecule has 1 amide bonds. The van der Waals surface area contributed by atoms with Crippen LogP contribution in [-0.4, -0.2) is 34.4 Å². The second-order valence-corrected chi connectivity index (χ2v) is 7.27. The molecule has 0 aromatic carbocycles. The van der Waals surface area contributed by atoms with Gasteiger partial charge >= 0.3 is 0 Å². The molecule has 0 N–H and O–H groups in total. The number of nitrogens with zero attached hydrogens (tertiary/aromatic N) is 3. The van der Waals surface area contributed by atoms with Gasteiger partial charge in [0.25, 0.3) is 0 Å². The summed E-state index contributed by atoms with van der Waals surface area (Å²) in [6, 6.07) is 3.98. The Kier molecular flexibility index (Phi) is 5.06. The van der Waals surface area contributed by atoms with E-state index in [4.69, 9.17) is 4.98 Å². The van der Waals surface area contributed by atoms with Crippen molar-refractivity contribution < 1.29 is 4.79 Å². The van der Waals surface area contributed by atoms with Gasteiger partial charge in [-0.2, -0.15) is 0 Å². The first-order valence-corrected chi connectivity index (χ1v) is 9.14. The number of carbonyl (C=O) groups is 1. The van der Waals surface area contributed by atoms with Crippen LogP contribution in [0.3, 0.4) is 0 Å². The third kappa shape index (κ3) is 3.61. The topological polar surface area (TPSA) is 46.1 Å². The third-order valence-corrected chi connectivity index (χ3v) is 5.59. The monoisotopic (exact) mass is 329 g/mol. The van der Waals surface area contributed by atoms with Gasteiger partial charge in [0.15, 0.2) is 0 Å². The maximum absolute atomic E-state index is 12.6. The zero-order chi connectivity index (χ0) is 16.2. The molecule has 4 nitrogen and oxygen atoms in total. The van der Waals surface area contributed by atoms with Crippen molar-refractivity contribution in [2.45, 2.75) is 39.0 Å². The summed E-state index contributed by atoms with van der Waals surface area (Å²) in [5, 5.41) is 1.02. The molecule has 0 aliphatic heterocycles. The predicted octanol–water partition coefficient (Wildman–Crippen LogP) is 3.57. The minimum Gasteiger partial charge on any atom is -0.346 e. The summed E-state index contributed by atoms with van der Waals surface area (Å²) in [4.78, 5) is 24.7. The highest BCUT2D eigenvalue weighted by Gasteiger charge is 2.29. The van der Waals surface area contributed by atoms with E-state index in [1.807, 2.05) is 30.3 Å². The first kappa shape index (κ1) is 16.1. The van der Waals surface area contributed by atoms with Crippen LogP contribution in [-0.2, 0) is 17.6 Å². The van der Waals surface area contributed by atoms with Crippen molar-refractivity contribution in [2.24, 2.45) is 5.92 Å². The number of unbranched alkanes of at least 4 members (excludes halogenated alkanes) is 1. The summed E-state index contributed by atoms with van der Waals surface area (Å²) in [5.41, 5.74) is 2.24. The molecular formula is C18H23N3OS. The van der Waals surface area contributed by atoms with Crippen molar-refractivity contribution in [2.75, 3.05) is 13.6 Å². The van der Waals surface area contributed by atoms with E-state index in [1.54, 1.807) is 17.5 Å². The van der Waals surface area contributed by atoms with E-state index in [0.29, 0.717) is 5.91 Å². The van der Waals surface area contributed by atoms with Crippen LogP contribution in [0, 0.1) is 5.92 Å². The Morgan fingerprint density at radius 2 is 2.35 bits per heavy atom. The summed E-state index contributed by atoms with van der Waals surface area (Å²) in [7, 11) is 1.93. The first-order chi connectivity index (χ1) is 11.2. The summed E-state index contributed by atoms with van der Waals surface area (Å²) in [6.45, 7) is 3.02. The predicted molar refractivity (Wildman–Crippen MR) is 93.4 cm³/mol. The minimum atomic E-state index is 0.117. The molecule has 2 aromatic rings. The third-order valence-electron chi connectivity index (χ3n) is 4.42. The Morgan fingerprint density at radius 1 is 1.48 bits per heavy atom. The number of hydrogen-bond acceptors (Lipinski definition) is 4. The van der Waals surface area contributed by atoms with Crippen LogP contribution in [0.2, 0.25) is 0 Å². The van der Waals surface area contributed by atoms with Gasteiger partial charge in [0.1, 0.15) is 5.01 Å². The van der Waals surface area contributed by atoms with Crippen molar-refractivity contribution in [3.8, 4) is 10.6 Å². The van der Waals surface area contributed by atoms with Crippen molar-refractivity contribution in [1.82, 2.24) is 14.9 Å². The van der Waals surface area contributed by atoms with Crippen molar-refractivity contribution >= 4 is 17.2 Å². The van der Waals surface area contributed by atoms with Crippen molar-refractivity contribution in [3.05, 3.63) is 35.1 Å². The zero-order valence-electron chi connectivity index (χ0n) is 13.8. The SMILES string of the molecule is CCCCN(C)C(=O)C1CCc2nc(-c3cccnc3)sc2C1. The Labute approximate surface area is 141 Å². The lowest BCUT2D eigenvalue weighted by Gasteiger charge is -2.26. The quantitative estimate of drug-likeness (QED) is 0.842. The lowest BCUT2D eigenvalue weighted by Crippen LogP contribution is -2.36. The smallest absolute Gasteiger partial charge is 0.225 e. The number of hydrogen-bond donors (Lipinski definition) is 0. The van der Waals surface area contributed by atoms with Gasteiger partial charge in [-0.1, -0.05) is 13.3 Å². The molecule has 1 aliphatic rings. The molecule has 5 heteroatoms. The Hall–Kier alpha value is -1.75. The molecule has 1 aliphatic carbocycles. The molecule has 0 radical (unpaired) electrons. The van der Waals surface area contributed by atoms with E-state index in [0.717, 1.165) is 49.2 Å². The number of rotatable bonds is 5. The van der Waals surface area contributed by atoms with E-state index in [1.165, 1.54) is 10.6 Å². The molecule has 1 atom stereocenters. The van der Waals surface area contributed by atoms with Gasteiger partial charge in [0.05, 0.1) is 5.69 Å². The van der Waals surface area contributed by atoms with Crippen LogP contribution in [0.25, 0.3) is 10.6 Å². The fourth-order valence-corrected chi connectivity index (χ4v) is 4.19. The number of aromatic nitrogens is 2. The van der Waals surface area contributed by atoms with Crippen LogP contribution in [0.5, 0.6) is 0 Å². The van der Waals surface area contributed by atoms with Gasteiger partial charge < -0.3 is 4.90 Å². The molecule has 0 fully saturated rings. The average molecular weight is 329 g/mol. The second kappa shape index (κ2) is 7.21. The maximum atomic E-state index is 12.6. The highest BCUT2D eigenvalue weighted by molar-refractivity contribution is 7.15. The molecule has 2 heterocycles. The first-order valence-electron chi connectivity index (χ1n) is 8.33. The number of amides is 1. The largest absolute Gasteiger partial charge is 0.346 e. The molecule has 3 rings (SSSR count). The second-order valence-electron chi connectivity index (χ2n) is 6.18. The summed E-state index contributed by atoms with van der Waals surface area (Å²) in [6.07, 6.45) is 8.48. The molecule has 0 spiro atoms. The molecule has 1 unspecified atom stereocenters. The van der Waals surface area contributed by atoms with E-state index in [2.05, 4.69) is 11.9 Å². The number of carbonyl (C=O) groups excluding carboxylic acids is 1. The number of thiazole rings is 1. The lowest BCUT2D eigenvalue weighted by molar-refractivity contribution is -0.134. The van der Waals surface area contributed by atoms with Crippen molar-refractivity contribution in [1.29, 1.82) is 0 Å². The number of aryl methyl sites for hydroxylation is 1. The van der Waals surface area contributed by atoms with Crippen molar-refractivity contribution in [3.63, 3.8) is 0 Å². The standard InChI is InChI=1S/C18H23N3OS/c1-3-4-10-21(2)18(22)13-7-8-15-16(11-13)23-17(20-15)14-6-5-9-19-12-14/h5-6,9,12-13H,3-4,7-8,10-11H2,1-2H3. The maximum Gasteiger partial charge on any atom is 0.225 e. The number of fused-ring (bicyclic) bond motifs is 1. The molecule has 122 valence electrons. The van der Waals surface area contributed by atoms with Gasteiger partial charge in [-0.25, -0.2) is 4.98 Å². The van der Waals surface area contributed by atoms with E-state index in [-0.39, 0.29) is 5.92 Å². The molecule has 23 heavy (non-hydrogen) atoms. The van der Waals surface area contributed by atoms with Crippen LogP contribution < -0.4 is 0 Å². The average Bonchev–Trinajstić information content (AvgIpc) is 3.03. The molecule has 0 bridgehead atoms. The van der Waals surface area contributed by atoms with Crippen LogP contribution in [0.1, 0.15) is 36.8 Å². The van der Waals surface area contributed by atoms with E-state index >= 15 is 0 Å². The van der Waals surface area contributed by atoms with E-state index < -0.39 is 0 Å². The lowest BCUT2D eigenvalue weighted by atomic mass is 9.90. The fourth-order valence-electron chi connectivity index (χ4n) is 3.02. The molecule has 2 aromatic heterocycles. The summed E-state index contributed by atoms with van der Waals surface area (Å²) >= 11 is 1.72. The van der Waals surface area contributed by atoms with Crippen LogP contribution in [0.4, 0.5) is 0 Å². The van der Waals surface area contributed by atoms with E-state index in [9.17, 15) is 4.79 Å². The highest BCUT2D eigenvalue weighted by Crippen LogP contribution is 2.34. The number of pyridine rings is 1. The van der Waals surface area contributed by atoms with Gasteiger partial charge in [0, 0.05) is 42.3 Å². The normalized spacial score (nSPS) is 16.9.